The van der Waals surface area contributed by atoms with Gasteiger partial charge < -0.3 is 4.98 Å². The molecule has 170 valence electrons. The van der Waals surface area contributed by atoms with E-state index in [0.29, 0.717) is 12.1 Å². The number of hydrogen-bond acceptors (Lipinski definition) is 5. The second-order valence-corrected chi connectivity index (χ2v) is 8.96. The van der Waals surface area contributed by atoms with E-state index >= 15 is 0 Å². The molecule has 1 atom stereocenters. The van der Waals surface area contributed by atoms with Crippen LogP contribution in [0.4, 0.5) is 0 Å². The summed E-state index contributed by atoms with van der Waals surface area (Å²) < 4.78 is 1.98. The highest BCUT2D eigenvalue weighted by molar-refractivity contribution is 5.82. The van der Waals surface area contributed by atoms with Crippen molar-refractivity contribution in [3.63, 3.8) is 0 Å². The SMILES string of the molecule is CCN(Cc1ccccc1)[C@@H](c1cc2cccc(C)c2[nH]c1=O)c1nnnn1C1CCCC1. The minimum absolute atomic E-state index is 0.0886. The molecule has 0 radical (unpaired) electrons. The van der Waals surface area contributed by atoms with Gasteiger partial charge in [-0.1, -0.05) is 68.3 Å². The predicted molar refractivity (Wildman–Crippen MR) is 129 cm³/mol. The fourth-order valence-corrected chi connectivity index (χ4v) is 5.10. The maximum absolute atomic E-state index is 13.5. The van der Waals surface area contributed by atoms with Crippen LogP contribution in [0.25, 0.3) is 10.9 Å². The Morgan fingerprint density at radius 3 is 2.67 bits per heavy atom. The van der Waals surface area contributed by atoms with Gasteiger partial charge in [-0.25, -0.2) is 4.68 Å². The summed E-state index contributed by atoms with van der Waals surface area (Å²) in [5, 5.41) is 14.0. The van der Waals surface area contributed by atoms with Crippen molar-refractivity contribution in [1.82, 2.24) is 30.1 Å². The first-order valence-electron chi connectivity index (χ1n) is 11.8. The first kappa shape index (κ1) is 21.5. The lowest BCUT2D eigenvalue weighted by molar-refractivity contribution is 0.210. The van der Waals surface area contributed by atoms with E-state index in [1.807, 2.05) is 54.1 Å². The first-order valence-corrected chi connectivity index (χ1v) is 11.8. The molecular weight excluding hydrogens is 412 g/mol. The molecule has 2 heterocycles. The molecule has 0 bridgehead atoms. The third kappa shape index (κ3) is 4.20. The predicted octanol–water partition coefficient (Wildman–Crippen LogP) is 4.55. The summed E-state index contributed by atoms with van der Waals surface area (Å²) in [6, 6.07) is 18.4. The van der Waals surface area contributed by atoms with Gasteiger partial charge in [0.25, 0.3) is 5.56 Å². The van der Waals surface area contributed by atoms with Crippen LogP contribution >= 0.6 is 0 Å². The van der Waals surface area contributed by atoms with Crippen LogP contribution in [0.5, 0.6) is 0 Å². The van der Waals surface area contributed by atoms with Crippen molar-refractivity contribution in [1.29, 1.82) is 0 Å². The van der Waals surface area contributed by atoms with E-state index in [1.165, 1.54) is 18.4 Å². The molecule has 0 spiro atoms. The van der Waals surface area contributed by atoms with Gasteiger partial charge in [0.1, 0.15) is 6.04 Å². The average Bonchev–Trinajstić information content (AvgIpc) is 3.52. The fraction of sp³-hybridized carbons (Fsp3) is 0.385. The van der Waals surface area contributed by atoms with E-state index in [-0.39, 0.29) is 17.6 Å². The maximum Gasteiger partial charge on any atom is 0.253 e. The summed E-state index contributed by atoms with van der Waals surface area (Å²) in [6.45, 7) is 5.59. The molecule has 0 amide bonds. The van der Waals surface area contributed by atoms with Gasteiger partial charge in [0.2, 0.25) is 0 Å². The second-order valence-electron chi connectivity index (χ2n) is 8.96. The number of fused-ring (bicyclic) bond motifs is 1. The molecule has 1 aliphatic carbocycles. The molecule has 0 unspecified atom stereocenters. The number of H-pyrrole nitrogens is 1. The first-order chi connectivity index (χ1) is 16.2. The van der Waals surface area contributed by atoms with Gasteiger partial charge in [-0.05, 0) is 59.3 Å². The molecule has 1 aliphatic rings. The number of hydrogen-bond donors (Lipinski definition) is 1. The Labute approximate surface area is 193 Å². The van der Waals surface area contributed by atoms with Crippen molar-refractivity contribution in [2.45, 2.75) is 58.2 Å². The lowest BCUT2D eigenvalue weighted by Gasteiger charge is -2.30. The Morgan fingerprint density at radius 2 is 1.91 bits per heavy atom. The highest BCUT2D eigenvalue weighted by Gasteiger charge is 2.32. The van der Waals surface area contributed by atoms with Crippen LogP contribution in [-0.4, -0.2) is 36.6 Å². The van der Waals surface area contributed by atoms with E-state index in [9.17, 15) is 4.79 Å². The Bertz CT molecular complexity index is 1290. The monoisotopic (exact) mass is 442 g/mol. The van der Waals surface area contributed by atoms with E-state index in [1.54, 1.807) is 0 Å². The molecule has 4 aromatic rings. The fourth-order valence-electron chi connectivity index (χ4n) is 5.10. The smallest absolute Gasteiger partial charge is 0.253 e. The zero-order chi connectivity index (χ0) is 22.8. The molecule has 7 nitrogen and oxygen atoms in total. The Hall–Kier alpha value is -3.32. The zero-order valence-corrected chi connectivity index (χ0v) is 19.2. The topological polar surface area (TPSA) is 79.7 Å². The summed E-state index contributed by atoms with van der Waals surface area (Å²) in [6.07, 6.45) is 4.52. The van der Waals surface area contributed by atoms with Crippen molar-refractivity contribution >= 4 is 10.9 Å². The number of aromatic amines is 1. The van der Waals surface area contributed by atoms with Gasteiger partial charge in [-0.3, -0.25) is 9.69 Å². The maximum atomic E-state index is 13.5. The molecular formula is C26H30N6O. The molecule has 0 aliphatic heterocycles. The third-order valence-electron chi connectivity index (χ3n) is 6.84. The number of benzene rings is 2. The molecule has 1 N–H and O–H groups in total. The molecule has 2 aromatic carbocycles. The zero-order valence-electron chi connectivity index (χ0n) is 19.2. The Morgan fingerprint density at radius 1 is 1.12 bits per heavy atom. The molecule has 5 rings (SSSR count). The van der Waals surface area contributed by atoms with E-state index in [4.69, 9.17) is 0 Å². The lowest BCUT2D eigenvalue weighted by Crippen LogP contribution is -2.35. The van der Waals surface area contributed by atoms with E-state index in [2.05, 4.69) is 44.5 Å². The van der Waals surface area contributed by atoms with Crippen LogP contribution in [0.2, 0.25) is 0 Å². The summed E-state index contributed by atoms with van der Waals surface area (Å²) in [4.78, 5) is 18.9. The number of tetrazole rings is 1. The minimum atomic E-state index is -0.348. The number of aryl methyl sites for hydroxylation is 1. The second kappa shape index (κ2) is 9.27. The van der Waals surface area contributed by atoms with Crippen molar-refractivity contribution in [3.8, 4) is 0 Å². The molecule has 7 heteroatoms. The summed E-state index contributed by atoms with van der Waals surface area (Å²) in [5.74, 6) is 0.747. The van der Waals surface area contributed by atoms with Crippen LogP contribution < -0.4 is 5.56 Å². The number of pyridine rings is 1. The highest BCUT2D eigenvalue weighted by atomic mass is 16.1. The molecule has 1 saturated carbocycles. The number of nitrogens with zero attached hydrogens (tertiary/aromatic N) is 5. The lowest BCUT2D eigenvalue weighted by atomic mass is 10.0. The summed E-state index contributed by atoms with van der Waals surface area (Å²) in [5.41, 5.74) is 3.72. The van der Waals surface area contributed by atoms with Crippen LogP contribution in [0.1, 0.15) is 67.2 Å². The molecule has 2 aromatic heterocycles. The minimum Gasteiger partial charge on any atom is -0.321 e. The quantitative estimate of drug-likeness (QED) is 0.454. The van der Waals surface area contributed by atoms with Crippen molar-refractivity contribution in [2.75, 3.05) is 6.54 Å². The highest BCUT2D eigenvalue weighted by Crippen LogP contribution is 2.34. The molecule has 33 heavy (non-hydrogen) atoms. The van der Waals surface area contributed by atoms with E-state index in [0.717, 1.165) is 41.7 Å². The van der Waals surface area contributed by atoms with Crippen LogP contribution in [0.3, 0.4) is 0 Å². The summed E-state index contributed by atoms with van der Waals surface area (Å²) in [7, 11) is 0. The average molecular weight is 443 g/mol. The normalized spacial score (nSPS) is 15.5. The van der Waals surface area contributed by atoms with Gasteiger partial charge >= 0.3 is 0 Å². The number of rotatable bonds is 7. The molecule has 1 fully saturated rings. The number of aromatic nitrogens is 5. The van der Waals surface area contributed by atoms with Gasteiger partial charge in [0.05, 0.1) is 11.6 Å². The van der Waals surface area contributed by atoms with Gasteiger partial charge in [-0.2, -0.15) is 0 Å². The van der Waals surface area contributed by atoms with Crippen LogP contribution in [0.15, 0.2) is 59.4 Å². The van der Waals surface area contributed by atoms with E-state index < -0.39 is 0 Å². The summed E-state index contributed by atoms with van der Waals surface area (Å²) >= 11 is 0. The van der Waals surface area contributed by atoms with Crippen LogP contribution in [-0.2, 0) is 6.54 Å². The Balaban J connectivity index is 1.66. The van der Waals surface area contributed by atoms with Gasteiger partial charge in [0, 0.05) is 12.1 Å². The van der Waals surface area contributed by atoms with Crippen molar-refractivity contribution < 1.29 is 0 Å². The third-order valence-corrected chi connectivity index (χ3v) is 6.84. The van der Waals surface area contributed by atoms with Gasteiger partial charge in [-0.15, -0.1) is 5.10 Å². The standard InChI is InChI=1S/C26H30N6O/c1-3-31(17-19-11-5-4-6-12-19)24(25-28-29-30-32(25)21-14-7-8-15-21)22-16-20-13-9-10-18(2)23(20)27-26(22)33/h4-6,9-13,16,21,24H,3,7-8,14-15,17H2,1-2H3,(H,27,33)/t24-/m0/s1. The van der Waals surface area contributed by atoms with Crippen LogP contribution in [0, 0.1) is 6.92 Å². The Kier molecular flexibility index (Phi) is 6.05. The number of nitrogens with one attached hydrogen (secondary N) is 1. The van der Waals surface area contributed by atoms with Crippen molar-refractivity contribution in [3.05, 3.63) is 87.5 Å². The van der Waals surface area contributed by atoms with Crippen molar-refractivity contribution in [2.24, 2.45) is 0 Å². The van der Waals surface area contributed by atoms with Gasteiger partial charge in [0.15, 0.2) is 5.82 Å². The molecule has 0 saturated heterocycles. The number of para-hydroxylation sites is 1. The largest absolute Gasteiger partial charge is 0.321 e.